The number of terminal acetylenes is 1. The van der Waals surface area contributed by atoms with Crippen LogP contribution in [0.1, 0.15) is 5.56 Å². The maximum Gasteiger partial charge on any atom is 0.176 e. The van der Waals surface area contributed by atoms with E-state index in [9.17, 15) is 0 Å². The molecule has 2 rings (SSSR count). The fourth-order valence-electron chi connectivity index (χ4n) is 2.05. The van der Waals surface area contributed by atoms with Crippen molar-refractivity contribution in [3.8, 4) is 23.8 Å². The van der Waals surface area contributed by atoms with Gasteiger partial charge in [-0.2, -0.15) is 0 Å². The Bertz CT molecular complexity index is 565. The Balaban J connectivity index is 2.26. The van der Waals surface area contributed by atoms with Gasteiger partial charge in [0, 0.05) is 18.7 Å². The lowest BCUT2D eigenvalue weighted by molar-refractivity contribution is 0.0693. The summed E-state index contributed by atoms with van der Waals surface area (Å²) in [4.78, 5) is 2.91. The molecule has 1 heterocycles. The summed E-state index contributed by atoms with van der Waals surface area (Å²) in [7, 11) is 1.59. The fraction of sp³-hybridized carbons (Fsp3) is 0.400. The van der Waals surface area contributed by atoms with Crippen LogP contribution >= 0.6 is 28.1 Å². The van der Waals surface area contributed by atoms with Crippen molar-refractivity contribution in [1.29, 1.82) is 0 Å². The number of rotatable bonds is 4. The molecule has 1 aliphatic rings. The summed E-state index contributed by atoms with van der Waals surface area (Å²) in [5.41, 5.74) is 0.906. The topological polar surface area (TPSA) is 30.9 Å². The first-order chi connectivity index (χ1) is 10.2. The minimum absolute atomic E-state index is 0.183. The normalized spacial score (nSPS) is 14.4. The molecule has 0 aliphatic carbocycles. The highest BCUT2D eigenvalue weighted by atomic mass is 79.9. The van der Waals surface area contributed by atoms with E-state index >= 15 is 0 Å². The quantitative estimate of drug-likeness (QED) is 0.601. The molecule has 1 fully saturated rings. The van der Waals surface area contributed by atoms with E-state index in [0.717, 1.165) is 28.1 Å². The number of benzene rings is 1. The first-order valence-corrected chi connectivity index (χ1v) is 7.68. The van der Waals surface area contributed by atoms with Crippen molar-refractivity contribution >= 4 is 33.1 Å². The summed E-state index contributed by atoms with van der Waals surface area (Å²) in [5.74, 6) is 3.63. The molecule has 0 spiro atoms. The number of thiocarbonyl (C=S) groups is 1. The van der Waals surface area contributed by atoms with Gasteiger partial charge in [0.05, 0.1) is 24.8 Å². The van der Waals surface area contributed by atoms with Crippen LogP contribution in [-0.2, 0) is 4.74 Å². The highest BCUT2D eigenvalue weighted by Gasteiger charge is 2.19. The second kappa shape index (κ2) is 7.64. The van der Waals surface area contributed by atoms with Crippen LogP contribution < -0.4 is 9.47 Å². The molecule has 1 saturated heterocycles. The molecule has 4 nitrogen and oxygen atoms in total. The van der Waals surface area contributed by atoms with Crippen LogP contribution in [0, 0.1) is 12.3 Å². The van der Waals surface area contributed by atoms with Gasteiger partial charge in [-0.1, -0.05) is 18.1 Å². The van der Waals surface area contributed by atoms with Gasteiger partial charge in [0.25, 0.3) is 0 Å². The predicted octanol–water partition coefficient (Wildman–Crippen LogP) is 2.48. The number of ether oxygens (including phenoxy) is 3. The van der Waals surface area contributed by atoms with Crippen LogP contribution in [0.5, 0.6) is 11.5 Å². The van der Waals surface area contributed by atoms with Gasteiger partial charge in [0.1, 0.15) is 11.6 Å². The zero-order valence-electron chi connectivity index (χ0n) is 11.7. The lowest BCUT2D eigenvalue weighted by Gasteiger charge is -2.29. The molecule has 0 aromatic heterocycles. The van der Waals surface area contributed by atoms with Crippen molar-refractivity contribution < 1.29 is 14.2 Å². The van der Waals surface area contributed by atoms with Crippen LogP contribution in [0.25, 0.3) is 0 Å². The summed E-state index contributed by atoms with van der Waals surface area (Å²) in [5, 5.41) is 0. The Labute approximate surface area is 138 Å². The zero-order valence-corrected chi connectivity index (χ0v) is 14.1. The van der Waals surface area contributed by atoms with E-state index in [1.807, 2.05) is 12.1 Å². The molecule has 1 aromatic carbocycles. The lowest BCUT2D eigenvalue weighted by Crippen LogP contribution is -2.40. The van der Waals surface area contributed by atoms with E-state index in [4.69, 9.17) is 32.9 Å². The van der Waals surface area contributed by atoms with E-state index in [1.165, 1.54) is 0 Å². The fourth-order valence-corrected chi connectivity index (χ4v) is 2.90. The highest BCUT2D eigenvalue weighted by molar-refractivity contribution is 9.10. The van der Waals surface area contributed by atoms with Gasteiger partial charge in [-0.25, -0.2) is 0 Å². The van der Waals surface area contributed by atoms with Crippen LogP contribution in [-0.4, -0.2) is 49.9 Å². The molecule has 21 heavy (non-hydrogen) atoms. The van der Waals surface area contributed by atoms with E-state index in [2.05, 4.69) is 26.8 Å². The van der Waals surface area contributed by atoms with Crippen LogP contribution in [0.2, 0.25) is 0 Å². The summed E-state index contributed by atoms with van der Waals surface area (Å²) in [6, 6.07) is 3.79. The Morgan fingerprint density at radius 1 is 1.48 bits per heavy atom. The molecule has 0 unspecified atom stereocenters. The van der Waals surface area contributed by atoms with Crippen LogP contribution in [0.3, 0.4) is 0 Å². The molecule has 0 amide bonds. The Hall–Kier alpha value is -1.29. The maximum absolute atomic E-state index is 5.56. The Morgan fingerprint density at radius 3 is 2.81 bits per heavy atom. The van der Waals surface area contributed by atoms with Crippen LogP contribution in [0.15, 0.2) is 16.6 Å². The van der Waals surface area contributed by atoms with Gasteiger partial charge in [0.15, 0.2) is 11.5 Å². The first-order valence-electron chi connectivity index (χ1n) is 6.48. The molecule has 0 bridgehead atoms. The smallest absolute Gasteiger partial charge is 0.176 e. The number of hydrogen-bond acceptors (Lipinski definition) is 4. The number of methoxy groups -OCH3 is 1. The minimum atomic E-state index is 0.183. The second-order valence-electron chi connectivity index (χ2n) is 4.39. The second-order valence-corrected chi connectivity index (χ2v) is 5.63. The Kier molecular flexibility index (Phi) is 5.85. The summed E-state index contributed by atoms with van der Waals surface area (Å²) < 4.78 is 17.0. The monoisotopic (exact) mass is 369 g/mol. The SMILES string of the molecule is C#CCOc1c(Br)cc(C(=S)N2CCOCC2)cc1OC. The van der Waals surface area contributed by atoms with E-state index in [0.29, 0.717) is 24.7 Å². The molecule has 112 valence electrons. The number of nitrogens with zero attached hydrogens (tertiary/aromatic N) is 1. The standard InChI is InChI=1S/C15H16BrNO3S/c1-3-6-20-14-12(16)9-11(10-13(14)18-2)15(21)17-4-7-19-8-5-17/h1,9-10H,4-8H2,2H3. The number of morpholine rings is 1. The average molecular weight is 370 g/mol. The van der Waals surface area contributed by atoms with E-state index < -0.39 is 0 Å². The van der Waals surface area contributed by atoms with E-state index in [1.54, 1.807) is 7.11 Å². The average Bonchev–Trinajstić information content (AvgIpc) is 2.53. The zero-order chi connectivity index (χ0) is 15.2. The van der Waals surface area contributed by atoms with Crippen molar-refractivity contribution in [3.63, 3.8) is 0 Å². The third kappa shape index (κ3) is 3.88. The van der Waals surface area contributed by atoms with Gasteiger partial charge in [-0.3, -0.25) is 0 Å². The van der Waals surface area contributed by atoms with Gasteiger partial charge in [0.2, 0.25) is 0 Å². The molecule has 1 aromatic rings. The van der Waals surface area contributed by atoms with Crippen molar-refractivity contribution in [2.75, 3.05) is 40.0 Å². The minimum Gasteiger partial charge on any atom is -0.493 e. The third-order valence-corrected chi connectivity index (χ3v) is 4.16. The largest absolute Gasteiger partial charge is 0.493 e. The van der Waals surface area contributed by atoms with Crippen molar-refractivity contribution in [2.45, 2.75) is 0 Å². The lowest BCUT2D eigenvalue weighted by atomic mass is 10.1. The molecule has 0 atom stereocenters. The molecule has 0 N–H and O–H groups in total. The Morgan fingerprint density at radius 2 is 2.19 bits per heavy atom. The van der Waals surface area contributed by atoms with Crippen molar-refractivity contribution in [3.05, 3.63) is 22.2 Å². The van der Waals surface area contributed by atoms with E-state index in [-0.39, 0.29) is 6.61 Å². The van der Waals surface area contributed by atoms with Gasteiger partial charge >= 0.3 is 0 Å². The summed E-state index contributed by atoms with van der Waals surface area (Å²) in [6.45, 7) is 3.17. The van der Waals surface area contributed by atoms with Gasteiger partial charge in [-0.05, 0) is 28.1 Å². The summed E-state index contributed by atoms with van der Waals surface area (Å²) >= 11 is 9.04. The predicted molar refractivity (Wildman–Crippen MR) is 89.1 cm³/mol. The third-order valence-electron chi connectivity index (χ3n) is 3.07. The van der Waals surface area contributed by atoms with Crippen molar-refractivity contribution in [2.24, 2.45) is 0 Å². The number of halogens is 1. The molecule has 1 aliphatic heterocycles. The number of hydrogen-bond donors (Lipinski definition) is 0. The van der Waals surface area contributed by atoms with Gasteiger partial charge < -0.3 is 19.1 Å². The van der Waals surface area contributed by atoms with Crippen LogP contribution in [0.4, 0.5) is 0 Å². The molecular weight excluding hydrogens is 354 g/mol. The molecule has 0 radical (unpaired) electrons. The molecular formula is C15H16BrNO3S. The molecule has 0 saturated carbocycles. The highest BCUT2D eigenvalue weighted by Crippen LogP contribution is 2.37. The summed E-state index contributed by atoms with van der Waals surface area (Å²) in [6.07, 6.45) is 5.22. The first kappa shape index (κ1) is 16.1. The maximum atomic E-state index is 5.56. The van der Waals surface area contributed by atoms with Crippen molar-refractivity contribution in [1.82, 2.24) is 4.90 Å². The molecule has 6 heteroatoms. The van der Waals surface area contributed by atoms with Gasteiger partial charge in [-0.15, -0.1) is 6.42 Å².